The standard InChI is InChI=1S/C25H31F3N4O4S/c26-25(27,28)17-5-6-23-21(11-17)32(20-3-1-2-4-22(20)37-23)14-19(35)13-30-7-9-31(10-8-30)15-24(36)29-12-18(34)16-33/h1-6,11,18-19,33-35H,7-10,12-16H2,(H,29,36)/t18-,19?/m0/s1. The van der Waals surface area contributed by atoms with Gasteiger partial charge in [-0.2, -0.15) is 13.2 Å². The maximum absolute atomic E-state index is 13.4. The summed E-state index contributed by atoms with van der Waals surface area (Å²) in [6.07, 6.45) is -6.26. The van der Waals surface area contributed by atoms with Gasteiger partial charge in [0.15, 0.2) is 0 Å². The van der Waals surface area contributed by atoms with Gasteiger partial charge in [0.2, 0.25) is 5.91 Å². The van der Waals surface area contributed by atoms with Crippen molar-refractivity contribution in [2.45, 2.75) is 28.2 Å². The minimum absolute atomic E-state index is 0.00673. The number of rotatable bonds is 9. The first-order valence-corrected chi connectivity index (χ1v) is 12.9. The van der Waals surface area contributed by atoms with Gasteiger partial charge in [-0.05, 0) is 30.3 Å². The molecule has 37 heavy (non-hydrogen) atoms. The number of nitrogens with one attached hydrogen (secondary N) is 1. The van der Waals surface area contributed by atoms with Gasteiger partial charge in [0.25, 0.3) is 0 Å². The molecule has 202 valence electrons. The lowest BCUT2D eigenvalue weighted by atomic mass is 10.1. The van der Waals surface area contributed by atoms with E-state index in [0.717, 1.165) is 22.7 Å². The Balaban J connectivity index is 1.36. The molecule has 0 radical (unpaired) electrons. The van der Waals surface area contributed by atoms with Crippen molar-refractivity contribution in [3.63, 3.8) is 0 Å². The zero-order chi connectivity index (χ0) is 26.6. The summed E-state index contributed by atoms with van der Waals surface area (Å²) in [7, 11) is 0. The maximum atomic E-state index is 13.4. The number of piperazine rings is 1. The van der Waals surface area contributed by atoms with Crippen LogP contribution in [0.4, 0.5) is 24.5 Å². The van der Waals surface area contributed by atoms with Crippen LogP contribution in [0.1, 0.15) is 5.56 Å². The molecule has 1 amide bonds. The quantitative estimate of drug-likeness (QED) is 0.382. The second-order valence-corrected chi connectivity index (χ2v) is 10.3. The van der Waals surface area contributed by atoms with Gasteiger partial charge in [0.05, 0.1) is 48.8 Å². The lowest BCUT2D eigenvalue weighted by Crippen LogP contribution is -2.52. The Morgan fingerprint density at radius 2 is 1.62 bits per heavy atom. The zero-order valence-electron chi connectivity index (χ0n) is 20.2. The van der Waals surface area contributed by atoms with Crippen molar-refractivity contribution < 1.29 is 33.3 Å². The van der Waals surface area contributed by atoms with Crippen molar-refractivity contribution in [2.75, 3.05) is 63.9 Å². The molecule has 0 aliphatic carbocycles. The topological polar surface area (TPSA) is 99.5 Å². The fraction of sp³-hybridized carbons (Fsp3) is 0.480. The molecule has 1 saturated heterocycles. The van der Waals surface area contributed by atoms with Crippen molar-refractivity contribution in [1.82, 2.24) is 15.1 Å². The summed E-state index contributed by atoms with van der Waals surface area (Å²) in [6.45, 7) is 2.73. The van der Waals surface area contributed by atoms with Crippen molar-refractivity contribution >= 4 is 29.0 Å². The molecule has 4 rings (SSSR count). The number of β-amino-alcohol motifs (C(OH)–C–C–N with tert-alkyl or cyclic N) is 1. The molecular formula is C25H31F3N4O4S. The number of para-hydroxylation sites is 1. The highest BCUT2D eigenvalue weighted by atomic mass is 32.2. The van der Waals surface area contributed by atoms with Crippen molar-refractivity contribution in [2.24, 2.45) is 0 Å². The molecule has 0 aromatic heterocycles. The predicted octanol–water partition coefficient (Wildman–Crippen LogP) is 1.76. The number of fused-ring (bicyclic) bond motifs is 2. The van der Waals surface area contributed by atoms with Crippen molar-refractivity contribution in [1.29, 1.82) is 0 Å². The van der Waals surface area contributed by atoms with Gasteiger partial charge in [-0.25, -0.2) is 0 Å². The van der Waals surface area contributed by atoms with Gasteiger partial charge in [0, 0.05) is 49.1 Å². The number of halogens is 3. The summed E-state index contributed by atoms with van der Waals surface area (Å²) in [5.74, 6) is -0.237. The Kier molecular flexibility index (Phi) is 8.98. The molecule has 2 atom stereocenters. The molecule has 0 bridgehead atoms. The smallest absolute Gasteiger partial charge is 0.394 e. The van der Waals surface area contributed by atoms with Crippen molar-refractivity contribution in [3.05, 3.63) is 48.0 Å². The van der Waals surface area contributed by atoms with E-state index in [1.54, 1.807) is 4.90 Å². The number of hydrogen-bond acceptors (Lipinski definition) is 8. The Labute approximate surface area is 217 Å². The van der Waals surface area contributed by atoms with Crippen molar-refractivity contribution in [3.8, 4) is 0 Å². The molecule has 0 saturated carbocycles. The first-order chi connectivity index (χ1) is 17.6. The minimum Gasteiger partial charge on any atom is -0.394 e. The number of nitrogens with zero attached hydrogens (tertiary/aromatic N) is 3. The number of aliphatic hydroxyl groups excluding tert-OH is 3. The van der Waals surface area contributed by atoms with Crippen LogP contribution >= 0.6 is 11.8 Å². The second-order valence-electron chi connectivity index (χ2n) is 9.23. The third-order valence-electron chi connectivity index (χ3n) is 6.39. The molecule has 4 N–H and O–H groups in total. The largest absolute Gasteiger partial charge is 0.416 e. The van der Waals surface area contributed by atoms with Gasteiger partial charge < -0.3 is 25.5 Å². The number of anilines is 2. The van der Waals surface area contributed by atoms with E-state index in [2.05, 4.69) is 10.2 Å². The number of amides is 1. The number of hydrogen-bond donors (Lipinski definition) is 4. The van der Waals surface area contributed by atoms with Crippen LogP contribution in [0.5, 0.6) is 0 Å². The normalized spacial score (nSPS) is 18.2. The SMILES string of the molecule is O=C(CN1CCN(CC(O)CN2c3ccccc3Sc3ccc(C(F)(F)F)cc32)CC1)NC[C@H](O)CO. The predicted molar refractivity (Wildman–Crippen MR) is 134 cm³/mol. The molecule has 0 spiro atoms. The summed E-state index contributed by atoms with van der Waals surface area (Å²) in [5, 5.41) is 31.7. The van der Waals surface area contributed by atoms with E-state index >= 15 is 0 Å². The monoisotopic (exact) mass is 540 g/mol. The maximum Gasteiger partial charge on any atom is 0.416 e. The molecule has 12 heteroatoms. The number of carbonyl (C=O) groups excluding carboxylic acids is 1. The van der Waals surface area contributed by atoms with E-state index in [1.807, 2.05) is 29.2 Å². The van der Waals surface area contributed by atoms with E-state index < -0.39 is 30.6 Å². The number of carbonyl (C=O) groups is 1. The highest BCUT2D eigenvalue weighted by Crippen LogP contribution is 2.49. The lowest BCUT2D eigenvalue weighted by molar-refractivity contribution is -0.137. The minimum atomic E-state index is -4.46. The second kappa shape index (κ2) is 12.0. The Bertz CT molecular complexity index is 1080. The number of alkyl halides is 3. The molecule has 1 unspecified atom stereocenters. The average molecular weight is 541 g/mol. The van der Waals surface area contributed by atoms with Crippen LogP contribution in [-0.2, 0) is 11.0 Å². The van der Waals surface area contributed by atoms with Crippen LogP contribution in [0.2, 0.25) is 0 Å². The molecule has 2 heterocycles. The van der Waals surface area contributed by atoms with Crippen LogP contribution in [0.15, 0.2) is 52.3 Å². The fourth-order valence-corrected chi connectivity index (χ4v) is 5.53. The third-order valence-corrected chi connectivity index (χ3v) is 7.52. The molecule has 2 aromatic carbocycles. The highest BCUT2D eigenvalue weighted by Gasteiger charge is 2.34. The summed E-state index contributed by atoms with van der Waals surface area (Å²) in [5.41, 5.74) is 0.469. The number of aliphatic hydroxyl groups is 3. The van der Waals surface area contributed by atoms with Crippen LogP contribution < -0.4 is 10.2 Å². The number of benzene rings is 2. The van der Waals surface area contributed by atoms with E-state index in [0.29, 0.717) is 43.3 Å². The Morgan fingerprint density at radius 1 is 0.946 bits per heavy atom. The third kappa shape index (κ3) is 7.15. The molecule has 2 aliphatic heterocycles. The summed E-state index contributed by atoms with van der Waals surface area (Å²) >= 11 is 1.41. The van der Waals surface area contributed by atoms with Crippen LogP contribution in [0.25, 0.3) is 0 Å². The van der Waals surface area contributed by atoms with Gasteiger partial charge in [-0.1, -0.05) is 23.9 Å². The Hall–Kier alpha value is -2.35. The van der Waals surface area contributed by atoms with Gasteiger partial charge in [0.1, 0.15) is 0 Å². The summed E-state index contributed by atoms with van der Waals surface area (Å²) in [6, 6.07) is 11.2. The van der Waals surface area contributed by atoms with E-state index in [4.69, 9.17) is 5.11 Å². The average Bonchev–Trinajstić information content (AvgIpc) is 2.87. The zero-order valence-corrected chi connectivity index (χ0v) is 21.0. The molecule has 2 aromatic rings. The summed E-state index contributed by atoms with van der Waals surface area (Å²) in [4.78, 5) is 19.5. The molecular weight excluding hydrogens is 509 g/mol. The van der Waals surface area contributed by atoms with E-state index in [-0.39, 0.29) is 25.5 Å². The van der Waals surface area contributed by atoms with Gasteiger partial charge in [-0.15, -0.1) is 0 Å². The van der Waals surface area contributed by atoms with E-state index in [9.17, 15) is 28.2 Å². The highest BCUT2D eigenvalue weighted by molar-refractivity contribution is 7.99. The Morgan fingerprint density at radius 3 is 2.32 bits per heavy atom. The van der Waals surface area contributed by atoms with Crippen LogP contribution in [-0.4, -0.2) is 102 Å². The fourth-order valence-electron chi connectivity index (χ4n) is 4.45. The molecule has 8 nitrogen and oxygen atoms in total. The first-order valence-electron chi connectivity index (χ1n) is 12.1. The lowest BCUT2D eigenvalue weighted by Gasteiger charge is -2.38. The summed E-state index contributed by atoms with van der Waals surface area (Å²) < 4.78 is 40.3. The van der Waals surface area contributed by atoms with Crippen LogP contribution in [0, 0.1) is 0 Å². The van der Waals surface area contributed by atoms with Gasteiger partial charge >= 0.3 is 6.18 Å². The van der Waals surface area contributed by atoms with Gasteiger partial charge in [-0.3, -0.25) is 14.6 Å². The first kappa shape index (κ1) is 27.7. The molecule has 1 fully saturated rings. The van der Waals surface area contributed by atoms with E-state index in [1.165, 1.54) is 17.8 Å². The van der Waals surface area contributed by atoms with Crippen LogP contribution in [0.3, 0.4) is 0 Å². The molecule has 2 aliphatic rings.